The molecule has 0 radical (unpaired) electrons. The van der Waals surface area contributed by atoms with Crippen LogP contribution in [-0.2, 0) is 4.79 Å². The van der Waals surface area contributed by atoms with E-state index < -0.39 is 24.3 Å². The molecule has 0 saturated heterocycles. The molecule has 0 fully saturated rings. The number of carbonyl (C=O) groups is 2. The summed E-state index contributed by atoms with van der Waals surface area (Å²) in [6.07, 6.45) is -3.31. The van der Waals surface area contributed by atoms with Crippen molar-refractivity contribution < 1.29 is 30.0 Å². The molecule has 0 rings (SSSR count). The standard InChI is InChI=1S/C4H9NO3.CH2O3.Ca/c1-2(6)3(5)4(7)8;2-1(3)4;/h2-3,6H,5H2,1H3,(H,7,8);(H2,2,3,4);/q;;+2/p-2. The molecule has 0 aliphatic heterocycles. The first-order chi connectivity index (χ1) is 5.29. The summed E-state index contributed by atoms with van der Waals surface area (Å²) in [5, 5.41) is 33.2. The Balaban J connectivity index is -0.000000173. The molecule has 0 spiro atoms. The number of rotatable bonds is 2. The van der Waals surface area contributed by atoms with Crippen molar-refractivity contribution in [1.29, 1.82) is 0 Å². The summed E-state index contributed by atoms with van der Waals surface area (Å²) in [4.78, 5) is 18.2. The Morgan fingerprint density at radius 2 is 1.62 bits per heavy atom. The van der Waals surface area contributed by atoms with Gasteiger partial charge < -0.3 is 31.0 Å². The van der Waals surface area contributed by atoms with Gasteiger partial charge in [0.15, 0.2) is 0 Å². The summed E-state index contributed by atoms with van der Waals surface area (Å²) in [5.41, 5.74) is 4.91. The van der Waals surface area contributed by atoms with Crippen molar-refractivity contribution in [2.24, 2.45) is 5.73 Å². The Bertz CT molecular complexity index is 157. The largest absolute Gasteiger partial charge is 2.00 e. The quantitative estimate of drug-likeness (QED) is 0.400. The van der Waals surface area contributed by atoms with Crippen LogP contribution in [-0.4, -0.2) is 72.2 Å². The van der Waals surface area contributed by atoms with E-state index in [0.717, 1.165) is 0 Å². The molecular weight excluding hydrogens is 210 g/mol. The van der Waals surface area contributed by atoms with Crippen molar-refractivity contribution in [2.75, 3.05) is 0 Å². The molecule has 0 bridgehead atoms. The third kappa shape index (κ3) is 18.7. The maximum Gasteiger partial charge on any atom is 2.00 e. The number of aliphatic hydroxyl groups excluding tert-OH is 1. The summed E-state index contributed by atoms with van der Waals surface area (Å²) >= 11 is 0. The SMILES string of the molecule is CC(O)C(N)C(=O)O.O=C([O-])[O-].[Ca+2]. The van der Waals surface area contributed by atoms with Gasteiger partial charge in [0.25, 0.3) is 0 Å². The zero-order chi connectivity index (χ0) is 10.3. The van der Waals surface area contributed by atoms with Crippen LogP contribution < -0.4 is 15.9 Å². The minimum Gasteiger partial charge on any atom is -0.652 e. The average Bonchev–Trinajstić information content (AvgIpc) is 1.84. The topological polar surface area (TPSA) is 147 Å². The number of hydrogen-bond acceptors (Lipinski definition) is 6. The first-order valence-corrected chi connectivity index (χ1v) is 2.83. The Morgan fingerprint density at radius 1 is 1.38 bits per heavy atom. The van der Waals surface area contributed by atoms with E-state index in [4.69, 9.17) is 31.0 Å². The molecule has 7 nitrogen and oxygen atoms in total. The van der Waals surface area contributed by atoms with Crippen molar-refractivity contribution in [2.45, 2.75) is 19.1 Å². The molecule has 0 aromatic rings. The fourth-order valence-electron chi connectivity index (χ4n) is 0.206. The molecular formula is C5H9CaNO6. The molecule has 0 aliphatic carbocycles. The number of hydrogen-bond donors (Lipinski definition) is 3. The van der Waals surface area contributed by atoms with Crippen molar-refractivity contribution in [3.8, 4) is 0 Å². The fourth-order valence-corrected chi connectivity index (χ4v) is 0.206. The van der Waals surface area contributed by atoms with Gasteiger partial charge in [0.05, 0.1) is 6.10 Å². The normalized spacial score (nSPS) is 12.5. The van der Waals surface area contributed by atoms with Gasteiger partial charge in [-0.3, -0.25) is 4.79 Å². The van der Waals surface area contributed by atoms with Gasteiger partial charge in [-0.2, -0.15) is 0 Å². The molecule has 0 aromatic heterocycles. The number of aliphatic hydroxyl groups is 1. The number of aliphatic carboxylic acids is 1. The Labute approximate surface area is 104 Å². The van der Waals surface area contributed by atoms with Gasteiger partial charge in [0, 0.05) is 0 Å². The van der Waals surface area contributed by atoms with E-state index in [2.05, 4.69) is 0 Å². The van der Waals surface area contributed by atoms with Crippen molar-refractivity contribution in [1.82, 2.24) is 0 Å². The minimum atomic E-state index is -2.33. The van der Waals surface area contributed by atoms with E-state index in [0.29, 0.717) is 0 Å². The van der Waals surface area contributed by atoms with Gasteiger partial charge in [0.1, 0.15) is 6.04 Å². The maximum atomic E-state index is 9.86. The van der Waals surface area contributed by atoms with Crippen LogP contribution in [0.3, 0.4) is 0 Å². The van der Waals surface area contributed by atoms with Gasteiger partial charge in [-0.25, -0.2) is 0 Å². The fraction of sp³-hybridized carbons (Fsp3) is 0.600. The summed E-state index contributed by atoms with van der Waals surface area (Å²) in [7, 11) is 0. The molecule has 2 atom stereocenters. The minimum absolute atomic E-state index is 0. The number of carboxylic acid groups (broad SMARTS) is 3. The molecule has 8 heteroatoms. The van der Waals surface area contributed by atoms with Crippen LogP contribution in [0.5, 0.6) is 0 Å². The summed E-state index contributed by atoms with van der Waals surface area (Å²) < 4.78 is 0. The molecule has 2 unspecified atom stereocenters. The predicted octanol–water partition coefficient (Wildman–Crippen LogP) is -4.05. The van der Waals surface area contributed by atoms with Crippen LogP contribution >= 0.6 is 0 Å². The van der Waals surface area contributed by atoms with E-state index in [1.165, 1.54) is 6.92 Å². The zero-order valence-corrected chi connectivity index (χ0v) is 9.17. The summed E-state index contributed by atoms with van der Waals surface area (Å²) in [6.45, 7) is 1.33. The maximum absolute atomic E-state index is 9.86. The van der Waals surface area contributed by atoms with Crippen LogP contribution in [0.1, 0.15) is 6.92 Å². The molecule has 13 heavy (non-hydrogen) atoms. The van der Waals surface area contributed by atoms with E-state index in [9.17, 15) is 4.79 Å². The van der Waals surface area contributed by atoms with E-state index >= 15 is 0 Å². The first kappa shape index (κ1) is 18.7. The third-order valence-electron chi connectivity index (χ3n) is 0.805. The van der Waals surface area contributed by atoms with Gasteiger partial charge in [-0.15, -0.1) is 0 Å². The molecule has 0 aromatic carbocycles. The first-order valence-electron chi connectivity index (χ1n) is 2.83. The van der Waals surface area contributed by atoms with E-state index in [1.807, 2.05) is 0 Å². The van der Waals surface area contributed by atoms with Gasteiger partial charge in [-0.1, -0.05) is 0 Å². The van der Waals surface area contributed by atoms with Crippen molar-refractivity contribution in [3.05, 3.63) is 0 Å². The smallest absolute Gasteiger partial charge is 0.652 e. The van der Waals surface area contributed by atoms with Crippen LogP contribution in [0.25, 0.3) is 0 Å². The molecule has 72 valence electrons. The van der Waals surface area contributed by atoms with Crippen molar-refractivity contribution >= 4 is 49.9 Å². The molecule has 0 aliphatic rings. The van der Waals surface area contributed by atoms with Crippen LogP contribution in [0, 0.1) is 0 Å². The average molecular weight is 219 g/mol. The van der Waals surface area contributed by atoms with Crippen molar-refractivity contribution in [3.63, 3.8) is 0 Å². The Hall–Kier alpha value is -0.0803. The molecule has 4 N–H and O–H groups in total. The zero-order valence-electron chi connectivity index (χ0n) is 6.97. The molecule has 0 amide bonds. The van der Waals surface area contributed by atoms with Crippen LogP contribution in [0.4, 0.5) is 4.79 Å². The van der Waals surface area contributed by atoms with Crippen LogP contribution in [0.2, 0.25) is 0 Å². The van der Waals surface area contributed by atoms with Gasteiger partial charge in [0.2, 0.25) is 0 Å². The molecule has 0 saturated carbocycles. The van der Waals surface area contributed by atoms with E-state index in [1.54, 1.807) is 0 Å². The third-order valence-corrected chi connectivity index (χ3v) is 0.805. The Morgan fingerprint density at radius 3 is 1.62 bits per heavy atom. The summed E-state index contributed by atoms with van der Waals surface area (Å²) in [6, 6.07) is -1.16. The summed E-state index contributed by atoms with van der Waals surface area (Å²) in [5.74, 6) is -1.18. The molecule has 0 heterocycles. The van der Waals surface area contributed by atoms with Gasteiger partial charge >= 0.3 is 43.7 Å². The van der Waals surface area contributed by atoms with Crippen LogP contribution in [0.15, 0.2) is 0 Å². The second-order valence-electron chi connectivity index (χ2n) is 1.85. The number of carboxylic acids is 1. The van der Waals surface area contributed by atoms with E-state index in [-0.39, 0.29) is 37.7 Å². The predicted molar refractivity (Wildman–Crippen MR) is 38.4 cm³/mol. The second kappa shape index (κ2) is 10.0. The number of nitrogens with two attached hydrogens (primary N) is 1. The number of carbonyl (C=O) groups excluding carboxylic acids is 1. The Kier molecular flexibility index (Phi) is 14.4. The second-order valence-corrected chi connectivity index (χ2v) is 1.85. The van der Waals surface area contributed by atoms with Gasteiger partial charge in [-0.05, 0) is 13.1 Å². The monoisotopic (exact) mass is 219 g/mol.